The van der Waals surface area contributed by atoms with Gasteiger partial charge in [-0.3, -0.25) is 6.29 Å². The van der Waals surface area contributed by atoms with Gasteiger partial charge in [0.15, 0.2) is 0 Å². The minimum Gasteiger partial charge on any atom is -0.541 e. The van der Waals surface area contributed by atoms with Crippen LogP contribution in [0, 0.1) is 11.3 Å². The molecule has 0 bridgehead atoms. The van der Waals surface area contributed by atoms with Crippen LogP contribution in [0.25, 0.3) is 0 Å². The van der Waals surface area contributed by atoms with Gasteiger partial charge in [0.2, 0.25) is 0 Å². The molecule has 0 N–H and O–H groups in total. The largest absolute Gasteiger partial charge is 0.541 e. The minimum atomic E-state index is -0.254. The number of hydrogen-bond acceptors (Lipinski definition) is 1. The number of carbonyl (C=O) groups excluding carboxylic acids is 1. The van der Waals surface area contributed by atoms with Crippen molar-refractivity contribution in [2.45, 2.75) is 40.5 Å². The third kappa shape index (κ3) is 5.08. The van der Waals surface area contributed by atoms with Crippen LogP contribution in [0.2, 0.25) is 0 Å². The summed E-state index contributed by atoms with van der Waals surface area (Å²) >= 11 is 0. The first kappa shape index (κ1) is 14.3. The summed E-state index contributed by atoms with van der Waals surface area (Å²) in [5, 5.41) is 0. The van der Waals surface area contributed by atoms with Crippen molar-refractivity contribution in [2.24, 2.45) is 11.3 Å². The first-order valence-corrected chi connectivity index (χ1v) is 3.94. The molecule has 0 aromatic rings. The monoisotopic (exact) mass is 230 g/mol. The normalized spacial score (nSPS) is 13.5. The van der Waals surface area contributed by atoms with E-state index in [4.69, 9.17) is 0 Å². The van der Waals surface area contributed by atoms with Gasteiger partial charge in [-0.2, -0.15) is 0 Å². The Morgan fingerprint density at radius 1 is 1.45 bits per heavy atom. The molecule has 1 radical (unpaired) electrons. The van der Waals surface area contributed by atoms with E-state index in [1.807, 2.05) is 13.8 Å². The van der Waals surface area contributed by atoms with Crippen LogP contribution in [0.3, 0.4) is 0 Å². The van der Waals surface area contributed by atoms with E-state index in [9.17, 15) is 4.79 Å². The van der Waals surface area contributed by atoms with Crippen molar-refractivity contribution in [1.29, 1.82) is 0 Å². The Kier molecular flexibility index (Phi) is 8.20. The van der Waals surface area contributed by atoms with E-state index >= 15 is 0 Å². The van der Waals surface area contributed by atoms with Gasteiger partial charge in [0.1, 0.15) is 0 Å². The Balaban J connectivity index is 0. The van der Waals surface area contributed by atoms with Crippen molar-refractivity contribution in [3.8, 4) is 0 Å². The second-order valence-electron chi connectivity index (χ2n) is 3.51. The molecule has 0 aliphatic heterocycles. The number of rotatable bonds is 4. The molecule has 0 aliphatic rings. The van der Waals surface area contributed by atoms with Gasteiger partial charge in [0.05, 0.1) is 0 Å². The van der Waals surface area contributed by atoms with Crippen LogP contribution in [0.1, 0.15) is 40.5 Å². The molecule has 0 fully saturated rings. The van der Waals surface area contributed by atoms with E-state index in [1.54, 1.807) is 0 Å². The minimum absolute atomic E-state index is 0. The van der Waals surface area contributed by atoms with Gasteiger partial charge in [0, 0.05) is 32.7 Å². The third-order valence-electron chi connectivity index (χ3n) is 2.22. The molecule has 0 amide bonds. The van der Waals surface area contributed by atoms with Crippen molar-refractivity contribution in [3.05, 3.63) is 0 Å². The van der Waals surface area contributed by atoms with Gasteiger partial charge in [-0.05, 0) is 0 Å². The van der Waals surface area contributed by atoms with Gasteiger partial charge in [-0.1, -0.05) is 46.5 Å². The van der Waals surface area contributed by atoms with E-state index in [2.05, 4.69) is 20.1 Å². The van der Waals surface area contributed by atoms with E-state index in [-0.39, 0.29) is 38.1 Å². The van der Waals surface area contributed by atoms with Gasteiger partial charge in [0.25, 0.3) is 0 Å². The molecule has 0 saturated heterocycles. The van der Waals surface area contributed by atoms with E-state index in [1.165, 1.54) is 0 Å². The summed E-state index contributed by atoms with van der Waals surface area (Å²) in [7, 11) is 0. The fourth-order valence-corrected chi connectivity index (χ4v) is 0.894. The topological polar surface area (TPSA) is 17.1 Å². The fourth-order valence-electron chi connectivity index (χ4n) is 0.894. The maximum Gasteiger partial charge on any atom is 0 e. The quantitative estimate of drug-likeness (QED) is 0.678. The van der Waals surface area contributed by atoms with Crippen LogP contribution >= 0.6 is 0 Å². The zero-order valence-corrected chi connectivity index (χ0v) is 10.8. The summed E-state index contributed by atoms with van der Waals surface area (Å²) < 4.78 is 0. The predicted molar refractivity (Wildman–Crippen MR) is 43.5 cm³/mol. The molecule has 0 aromatic carbocycles. The molecule has 0 aromatic heterocycles. The van der Waals surface area contributed by atoms with E-state index in [0.717, 1.165) is 12.8 Å². The average molecular weight is 230 g/mol. The zero-order chi connectivity index (χ0) is 8.20. The van der Waals surface area contributed by atoms with Crippen LogP contribution < -0.4 is 0 Å². The molecule has 0 unspecified atom stereocenters. The Morgan fingerprint density at radius 2 is 1.91 bits per heavy atom. The molecule has 0 rings (SSSR count). The summed E-state index contributed by atoms with van der Waals surface area (Å²) in [5.74, 6) is 0.454. The fraction of sp³-hybridized carbons (Fsp3) is 0.889. The van der Waals surface area contributed by atoms with Crippen LogP contribution in [0.5, 0.6) is 0 Å². The van der Waals surface area contributed by atoms with E-state index in [0.29, 0.717) is 5.92 Å². The predicted octanol–water partition coefficient (Wildman–Crippen LogP) is 2.56. The van der Waals surface area contributed by atoms with Crippen molar-refractivity contribution in [3.63, 3.8) is 0 Å². The van der Waals surface area contributed by atoms with Gasteiger partial charge in [-0.15, -0.1) is 5.41 Å². The molecule has 1 nitrogen and oxygen atoms in total. The SMILES string of the molecule is CCC[C@@H](C)C(C)(C)[C-]=O.[Y]. The number of hydrogen-bond donors (Lipinski definition) is 0. The van der Waals surface area contributed by atoms with Crippen molar-refractivity contribution in [1.82, 2.24) is 0 Å². The molecular formula is C9H17OY-. The summed E-state index contributed by atoms with van der Waals surface area (Å²) in [4.78, 5) is 10.4. The second kappa shape index (κ2) is 6.31. The summed E-state index contributed by atoms with van der Waals surface area (Å²) in [6.07, 6.45) is 4.33. The molecule has 0 heterocycles. The molecule has 0 aliphatic carbocycles. The Hall–Kier alpha value is 0.774. The molecule has 2 heteroatoms. The molecular weight excluding hydrogens is 213 g/mol. The van der Waals surface area contributed by atoms with Gasteiger partial charge < -0.3 is 4.79 Å². The second-order valence-corrected chi connectivity index (χ2v) is 3.51. The average Bonchev–Trinajstić information content (AvgIpc) is 1.89. The van der Waals surface area contributed by atoms with Gasteiger partial charge >= 0.3 is 0 Å². The smallest absolute Gasteiger partial charge is 0 e. The zero-order valence-electron chi connectivity index (χ0n) is 7.98. The third-order valence-corrected chi connectivity index (χ3v) is 2.22. The van der Waals surface area contributed by atoms with Crippen LogP contribution in [-0.4, -0.2) is 6.29 Å². The maximum atomic E-state index is 10.4. The van der Waals surface area contributed by atoms with Crippen LogP contribution in [0.15, 0.2) is 0 Å². The van der Waals surface area contributed by atoms with E-state index < -0.39 is 0 Å². The van der Waals surface area contributed by atoms with Crippen molar-refractivity contribution < 1.29 is 37.5 Å². The molecule has 11 heavy (non-hydrogen) atoms. The molecule has 1 atom stereocenters. The summed E-state index contributed by atoms with van der Waals surface area (Å²) in [5.41, 5.74) is -0.254. The summed E-state index contributed by atoms with van der Waals surface area (Å²) in [6.45, 7) is 8.13. The van der Waals surface area contributed by atoms with Crippen molar-refractivity contribution in [2.75, 3.05) is 0 Å². The maximum absolute atomic E-state index is 10.4. The Morgan fingerprint density at radius 3 is 2.18 bits per heavy atom. The Labute approximate surface area is 95.2 Å². The first-order valence-electron chi connectivity index (χ1n) is 3.94. The Bertz CT molecular complexity index is 110. The summed E-state index contributed by atoms with van der Waals surface area (Å²) in [6, 6.07) is 0. The molecule has 63 valence electrons. The van der Waals surface area contributed by atoms with Gasteiger partial charge in [-0.25, -0.2) is 0 Å². The van der Waals surface area contributed by atoms with Crippen molar-refractivity contribution >= 4 is 6.29 Å². The van der Waals surface area contributed by atoms with Crippen LogP contribution in [-0.2, 0) is 37.5 Å². The molecule has 0 spiro atoms. The first-order chi connectivity index (χ1) is 4.54. The van der Waals surface area contributed by atoms with Crippen LogP contribution in [0.4, 0.5) is 0 Å². The molecule has 0 saturated carbocycles. The standard InChI is InChI=1S/C9H17O.Y/c1-5-6-8(2)9(3,4)7-10;/h8H,5-6H2,1-4H3;/q-1;/t8-;/m1./s1.